The van der Waals surface area contributed by atoms with E-state index in [0.29, 0.717) is 0 Å². The van der Waals surface area contributed by atoms with Gasteiger partial charge in [0.2, 0.25) is 0 Å². The van der Waals surface area contributed by atoms with E-state index in [9.17, 15) is 5.11 Å². The molecule has 0 fully saturated rings. The zero-order valence-electron chi connectivity index (χ0n) is 9.61. The molecule has 0 spiro atoms. The van der Waals surface area contributed by atoms with Gasteiger partial charge in [0.25, 0.3) is 0 Å². The van der Waals surface area contributed by atoms with Crippen molar-refractivity contribution in [2.24, 2.45) is 0 Å². The van der Waals surface area contributed by atoms with E-state index in [-0.39, 0.29) is 0 Å². The van der Waals surface area contributed by atoms with E-state index in [4.69, 9.17) is 0 Å². The van der Waals surface area contributed by atoms with Gasteiger partial charge >= 0.3 is 0 Å². The molecule has 0 radical (unpaired) electrons. The molecule has 0 unspecified atom stereocenters. The highest BCUT2D eigenvalue weighted by Gasteiger charge is 2.25. The van der Waals surface area contributed by atoms with E-state index in [1.165, 1.54) is 4.90 Å². The fourth-order valence-corrected chi connectivity index (χ4v) is 3.23. The highest BCUT2D eigenvalue weighted by Crippen LogP contribution is 2.33. The minimum Gasteiger partial charge on any atom is -0.385 e. The highest BCUT2D eigenvalue weighted by atomic mass is 127. The van der Waals surface area contributed by atoms with Crippen LogP contribution >= 0.6 is 34.4 Å². The lowest BCUT2D eigenvalue weighted by Crippen LogP contribution is -2.26. The second-order valence-electron chi connectivity index (χ2n) is 3.64. The molecular weight excluding hydrogens is 331 g/mol. The van der Waals surface area contributed by atoms with Crippen LogP contribution in [-0.2, 0) is 0 Å². The Morgan fingerprint density at radius 1 is 1.31 bits per heavy atom. The smallest absolute Gasteiger partial charge is 0.0952 e. The van der Waals surface area contributed by atoms with Crippen LogP contribution in [0.2, 0.25) is 0 Å². The molecule has 0 aromatic heterocycles. The van der Waals surface area contributed by atoms with Gasteiger partial charge in [0.1, 0.15) is 0 Å². The lowest BCUT2D eigenvalue weighted by atomic mass is 9.98. The molecule has 0 bridgehead atoms. The average molecular weight is 348 g/mol. The fourth-order valence-electron chi connectivity index (χ4n) is 1.32. The first-order chi connectivity index (χ1) is 7.62. The van der Waals surface area contributed by atoms with Gasteiger partial charge in [-0.2, -0.15) is 0 Å². The number of hydrogen-bond donors (Lipinski definition) is 1. The van der Waals surface area contributed by atoms with Crippen molar-refractivity contribution in [3.8, 4) is 0 Å². The van der Waals surface area contributed by atoms with Gasteiger partial charge in [-0.1, -0.05) is 43.8 Å². The predicted molar refractivity (Wildman–Crippen MR) is 79.9 cm³/mol. The summed E-state index contributed by atoms with van der Waals surface area (Å²) >= 11 is 3.89. The number of thioether (sulfide) groups is 1. The third kappa shape index (κ3) is 3.79. The van der Waals surface area contributed by atoms with Crippen LogP contribution in [0.5, 0.6) is 0 Å². The first-order valence-corrected chi connectivity index (χ1v) is 7.38. The molecule has 1 aromatic carbocycles. The molecule has 3 heteroatoms. The van der Waals surface area contributed by atoms with E-state index in [0.717, 1.165) is 16.4 Å². The molecule has 1 aromatic rings. The summed E-state index contributed by atoms with van der Waals surface area (Å²) in [5, 5.41) is 12.3. The zero-order chi connectivity index (χ0) is 12.0. The average Bonchev–Trinajstić information content (AvgIpc) is 2.36. The maximum Gasteiger partial charge on any atom is 0.0952 e. The van der Waals surface area contributed by atoms with Gasteiger partial charge in [-0.3, -0.25) is 0 Å². The maximum absolute atomic E-state index is 10.3. The first-order valence-electron chi connectivity index (χ1n) is 5.42. The van der Waals surface area contributed by atoms with Crippen LogP contribution in [-0.4, -0.2) is 10.7 Å². The molecule has 16 heavy (non-hydrogen) atoms. The largest absolute Gasteiger partial charge is 0.385 e. The van der Waals surface area contributed by atoms with Gasteiger partial charge in [-0.15, -0.1) is 0 Å². The molecule has 0 aliphatic carbocycles. The number of hydrogen-bond acceptors (Lipinski definition) is 2. The highest BCUT2D eigenvalue weighted by molar-refractivity contribution is 14.1. The van der Waals surface area contributed by atoms with Gasteiger partial charge in [-0.05, 0) is 53.0 Å². The third-order valence-electron chi connectivity index (χ3n) is 2.66. The summed E-state index contributed by atoms with van der Waals surface area (Å²) in [5.74, 6) is 0. The number of benzene rings is 1. The molecule has 0 saturated heterocycles. The van der Waals surface area contributed by atoms with Crippen LogP contribution in [0.1, 0.15) is 26.7 Å². The summed E-state index contributed by atoms with van der Waals surface area (Å²) in [6.07, 6.45) is 1.52. The second kappa shape index (κ2) is 6.67. The topological polar surface area (TPSA) is 20.2 Å². The first kappa shape index (κ1) is 14.1. The minimum atomic E-state index is -0.650. The predicted octanol–water partition coefficient (Wildman–Crippen LogP) is 4.61. The SMILES string of the molecule is CCC(O)(CC)/C(I)=C\Sc1ccccc1. The van der Waals surface area contributed by atoms with Crippen molar-refractivity contribution in [1.82, 2.24) is 0 Å². The van der Waals surface area contributed by atoms with Crippen LogP contribution in [0, 0.1) is 0 Å². The fraction of sp³-hybridized carbons (Fsp3) is 0.385. The molecule has 0 heterocycles. The van der Waals surface area contributed by atoms with Gasteiger partial charge in [0.15, 0.2) is 0 Å². The van der Waals surface area contributed by atoms with Gasteiger partial charge in [0, 0.05) is 8.48 Å². The van der Waals surface area contributed by atoms with Crippen molar-refractivity contribution in [3.05, 3.63) is 39.3 Å². The molecule has 1 N–H and O–H groups in total. The summed E-state index contributed by atoms with van der Waals surface area (Å²) in [7, 11) is 0. The Hall–Kier alpha value is -0.000000000000000111. The Morgan fingerprint density at radius 2 is 1.88 bits per heavy atom. The Morgan fingerprint density at radius 3 is 2.38 bits per heavy atom. The summed E-state index contributed by atoms with van der Waals surface area (Å²) in [4.78, 5) is 1.20. The lowest BCUT2D eigenvalue weighted by molar-refractivity contribution is 0.0811. The van der Waals surface area contributed by atoms with E-state index < -0.39 is 5.60 Å². The molecule has 0 aliphatic heterocycles. The third-order valence-corrected chi connectivity index (χ3v) is 5.29. The Kier molecular flexibility index (Phi) is 5.86. The van der Waals surface area contributed by atoms with Gasteiger partial charge in [0.05, 0.1) is 5.60 Å². The van der Waals surface area contributed by atoms with E-state index in [1.807, 2.05) is 37.5 Å². The van der Waals surface area contributed by atoms with E-state index in [2.05, 4.69) is 34.7 Å². The van der Waals surface area contributed by atoms with Crippen molar-refractivity contribution in [1.29, 1.82) is 0 Å². The maximum atomic E-state index is 10.3. The molecule has 0 saturated carbocycles. The van der Waals surface area contributed by atoms with Crippen molar-refractivity contribution >= 4 is 34.4 Å². The van der Waals surface area contributed by atoms with E-state index in [1.54, 1.807) is 11.8 Å². The molecule has 88 valence electrons. The van der Waals surface area contributed by atoms with Crippen LogP contribution in [0.3, 0.4) is 0 Å². The number of halogens is 1. The van der Waals surface area contributed by atoms with Crippen molar-refractivity contribution in [2.45, 2.75) is 37.2 Å². The van der Waals surface area contributed by atoms with Crippen LogP contribution in [0.4, 0.5) is 0 Å². The number of aliphatic hydroxyl groups is 1. The zero-order valence-corrected chi connectivity index (χ0v) is 12.6. The molecule has 0 amide bonds. The van der Waals surface area contributed by atoms with E-state index >= 15 is 0 Å². The molecule has 1 nitrogen and oxygen atoms in total. The second-order valence-corrected chi connectivity index (χ2v) is 5.74. The lowest BCUT2D eigenvalue weighted by Gasteiger charge is -2.24. The van der Waals surface area contributed by atoms with Crippen molar-refractivity contribution < 1.29 is 5.11 Å². The van der Waals surface area contributed by atoms with Crippen molar-refractivity contribution in [3.63, 3.8) is 0 Å². The quantitative estimate of drug-likeness (QED) is 0.620. The Balaban J connectivity index is 2.71. The standard InChI is InChI=1S/C13H17IOS/c1-3-13(15,4-2)12(14)10-16-11-8-6-5-7-9-11/h5-10,15H,3-4H2,1-2H3/b12-10+. The minimum absolute atomic E-state index is 0.650. The number of rotatable bonds is 5. The molecular formula is C13H17IOS. The summed E-state index contributed by atoms with van der Waals surface area (Å²) in [5.41, 5.74) is -0.650. The van der Waals surface area contributed by atoms with Crippen LogP contribution in [0.25, 0.3) is 0 Å². The van der Waals surface area contributed by atoms with Gasteiger partial charge < -0.3 is 5.11 Å². The van der Waals surface area contributed by atoms with Crippen LogP contribution < -0.4 is 0 Å². The monoisotopic (exact) mass is 348 g/mol. The normalized spacial score (nSPS) is 12.9. The summed E-state index contributed by atoms with van der Waals surface area (Å²) < 4.78 is 1.02. The summed E-state index contributed by atoms with van der Waals surface area (Å²) in [6.45, 7) is 4.03. The van der Waals surface area contributed by atoms with Crippen molar-refractivity contribution in [2.75, 3.05) is 0 Å². The van der Waals surface area contributed by atoms with Gasteiger partial charge in [-0.25, -0.2) is 0 Å². The van der Waals surface area contributed by atoms with Crippen LogP contribution in [0.15, 0.2) is 44.2 Å². The Bertz CT molecular complexity index is 344. The molecule has 0 atom stereocenters. The summed E-state index contributed by atoms with van der Waals surface area (Å²) in [6, 6.07) is 10.2. The molecule has 1 rings (SSSR count). The Labute approximate surface area is 115 Å². The molecule has 0 aliphatic rings.